The lowest BCUT2D eigenvalue weighted by atomic mass is 10.0. The molecule has 0 spiro atoms. The van der Waals surface area contributed by atoms with Gasteiger partial charge in [0.25, 0.3) is 5.91 Å². The van der Waals surface area contributed by atoms with Crippen molar-refractivity contribution in [3.63, 3.8) is 0 Å². The van der Waals surface area contributed by atoms with Gasteiger partial charge in [-0.1, -0.05) is 6.07 Å². The highest BCUT2D eigenvalue weighted by Crippen LogP contribution is 2.27. The molecule has 0 unspecified atom stereocenters. The number of nitrogens with one attached hydrogen (secondary N) is 2. The summed E-state index contributed by atoms with van der Waals surface area (Å²) in [5.74, 6) is -0.733. The minimum Gasteiger partial charge on any atom is -0.371 e. The molecule has 0 saturated carbocycles. The minimum absolute atomic E-state index is 0.265. The molecule has 2 N–H and O–H groups in total. The Hall–Kier alpha value is -3.03. The van der Waals surface area contributed by atoms with Gasteiger partial charge in [0.15, 0.2) is 5.69 Å². The van der Waals surface area contributed by atoms with Crippen molar-refractivity contribution in [2.75, 3.05) is 25.0 Å². The van der Waals surface area contributed by atoms with E-state index in [2.05, 4.69) is 26.7 Å². The number of hydrogen-bond donors (Lipinski definition) is 2. The van der Waals surface area contributed by atoms with Crippen molar-refractivity contribution in [1.29, 1.82) is 5.26 Å². The molecule has 27 heavy (non-hydrogen) atoms. The first-order chi connectivity index (χ1) is 12.9. The first-order valence-corrected chi connectivity index (χ1v) is 7.95. The van der Waals surface area contributed by atoms with E-state index in [0.717, 1.165) is 12.7 Å². The van der Waals surface area contributed by atoms with Crippen molar-refractivity contribution in [3.05, 3.63) is 53.1 Å². The summed E-state index contributed by atoms with van der Waals surface area (Å²) in [6.07, 6.45) is -3.65. The zero-order valence-corrected chi connectivity index (χ0v) is 13.9. The van der Waals surface area contributed by atoms with Gasteiger partial charge >= 0.3 is 6.18 Å². The molecule has 0 radical (unpaired) electrons. The summed E-state index contributed by atoms with van der Waals surface area (Å²) >= 11 is 0. The molecule has 1 aromatic carbocycles. The average Bonchev–Trinajstić information content (AvgIpc) is 2.68. The summed E-state index contributed by atoms with van der Waals surface area (Å²) in [6.45, 7) is 1.84. The molecule has 10 heteroatoms. The number of nitriles is 1. The van der Waals surface area contributed by atoms with Crippen molar-refractivity contribution in [3.8, 4) is 6.07 Å². The highest BCUT2D eigenvalue weighted by atomic mass is 19.4. The van der Waals surface area contributed by atoms with Crippen LogP contribution >= 0.6 is 0 Å². The van der Waals surface area contributed by atoms with Crippen LogP contribution < -0.4 is 10.6 Å². The number of benzene rings is 1. The van der Waals surface area contributed by atoms with E-state index in [9.17, 15) is 23.2 Å². The molecule has 1 aliphatic rings. The smallest absolute Gasteiger partial charge is 0.371 e. The van der Waals surface area contributed by atoms with Crippen LogP contribution in [0.25, 0.3) is 0 Å². The number of halogens is 3. The van der Waals surface area contributed by atoms with Crippen molar-refractivity contribution >= 4 is 11.6 Å². The van der Waals surface area contributed by atoms with Gasteiger partial charge in [-0.3, -0.25) is 4.79 Å². The standard InChI is InChI=1S/C17H14F3N5O2/c18-17(19,20)15-9-23-13(7-24-15)16(26)25-11-1-2-12(10(5-11)6-21)14-8-22-3-4-27-14/h1-2,5,7,9,14,22H,3-4,8H2,(H,25,26)/t14-/m0/s1. The fourth-order valence-electron chi connectivity index (χ4n) is 2.56. The van der Waals surface area contributed by atoms with E-state index < -0.39 is 17.8 Å². The van der Waals surface area contributed by atoms with Crippen LogP contribution in [0.5, 0.6) is 0 Å². The summed E-state index contributed by atoms with van der Waals surface area (Å²) in [5.41, 5.74) is -0.121. The Balaban J connectivity index is 1.75. The van der Waals surface area contributed by atoms with Crippen molar-refractivity contribution in [2.45, 2.75) is 12.3 Å². The van der Waals surface area contributed by atoms with Crippen LogP contribution in [0.2, 0.25) is 0 Å². The van der Waals surface area contributed by atoms with Crippen LogP contribution in [0.3, 0.4) is 0 Å². The Labute approximate surface area is 152 Å². The zero-order valence-electron chi connectivity index (χ0n) is 13.9. The Morgan fingerprint density at radius 2 is 2.15 bits per heavy atom. The normalized spacial score (nSPS) is 17.2. The number of aromatic nitrogens is 2. The molecule has 140 valence electrons. The summed E-state index contributed by atoms with van der Waals surface area (Å²) in [7, 11) is 0. The highest BCUT2D eigenvalue weighted by Gasteiger charge is 2.33. The lowest BCUT2D eigenvalue weighted by Crippen LogP contribution is -2.33. The van der Waals surface area contributed by atoms with Crippen LogP contribution in [0.15, 0.2) is 30.6 Å². The molecule has 3 rings (SSSR count). The number of nitrogens with zero attached hydrogens (tertiary/aromatic N) is 3. The molecule has 0 bridgehead atoms. The Bertz CT molecular complexity index is 872. The highest BCUT2D eigenvalue weighted by molar-refractivity contribution is 6.02. The maximum Gasteiger partial charge on any atom is 0.434 e. The molecule has 1 atom stereocenters. The van der Waals surface area contributed by atoms with E-state index in [-0.39, 0.29) is 11.8 Å². The molecule has 0 aliphatic carbocycles. The number of ether oxygens (including phenoxy) is 1. The Kier molecular flexibility index (Phi) is 5.34. The van der Waals surface area contributed by atoms with E-state index >= 15 is 0 Å². The number of rotatable bonds is 3. The topological polar surface area (TPSA) is 99.9 Å². The Morgan fingerprint density at radius 3 is 2.74 bits per heavy atom. The van der Waals surface area contributed by atoms with Crippen LogP contribution in [0.1, 0.15) is 33.4 Å². The summed E-state index contributed by atoms with van der Waals surface area (Å²) in [6, 6.07) is 6.79. The second-order valence-corrected chi connectivity index (χ2v) is 5.72. The van der Waals surface area contributed by atoms with Gasteiger partial charge < -0.3 is 15.4 Å². The second-order valence-electron chi connectivity index (χ2n) is 5.72. The largest absolute Gasteiger partial charge is 0.434 e. The number of carbonyl (C=O) groups is 1. The second kappa shape index (κ2) is 7.69. The van der Waals surface area contributed by atoms with Crippen molar-refractivity contribution in [2.24, 2.45) is 0 Å². The number of carbonyl (C=O) groups excluding carboxylic acids is 1. The quantitative estimate of drug-likeness (QED) is 0.851. The molecule has 1 amide bonds. The van der Waals surface area contributed by atoms with E-state index in [0.29, 0.717) is 36.2 Å². The van der Waals surface area contributed by atoms with E-state index in [1.807, 2.05) is 0 Å². The molecule has 1 saturated heterocycles. The molecular formula is C17H14F3N5O2. The number of morpholine rings is 1. The van der Waals surface area contributed by atoms with Crippen molar-refractivity contribution in [1.82, 2.24) is 15.3 Å². The summed E-state index contributed by atoms with van der Waals surface area (Å²) in [5, 5.41) is 15.0. The summed E-state index contributed by atoms with van der Waals surface area (Å²) in [4.78, 5) is 18.8. The molecule has 2 aromatic rings. The zero-order chi connectivity index (χ0) is 19.4. The molecule has 7 nitrogen and oxygen atoms in total. The fourth-order valence-corrected chi connectivity index (χ4v) is 2.56. The van der Waals surface area contributed by atoms with Crippen LogP contribution in [0.4, 0.5) is 18.9 Å². The van der Waals surface area contributed by atoms with E-state index in [4.69, 9.17) is 4.74 Å². The average molecular weight is 377 g/mol. The van der Waals surface area contributed by atoms with Gasteiger partial charge in [-0.15, -0.1) is 0 Å². The van der Waals surface area contributed by atoms with Crippen molar-refractivity contribution < 1.29 is 22.7 Å². The molecular weight excluding hydrogens is 363 g/mol. The monoisotopic (exact) mass is 377 g/mol. The van der Waals surface area contributed by atoms with E-state index in [1.165, 1.54) is 6.07 Å². The first kappa shape index (κ1) is 18.8. The molecule has 1 fully saturated rings. The van der Waals surface area contributed by atoms with Crippen LogP contribution in [-0.4, -0.2) is 35.6 Å². The lowest BCUT2D eigenvalue weighted by Gasteiger charge is -2.24. The van der Waals surface area contributed by atoms with Gasteiger partial charge in [0.2, 0.25) is 0 Å². The van der Waals surface area contributed by atoms with E-state index in [1.54, 1.807) is 12.1 Å². The van der Waals surface area contributed by atoms with Gasteiger partial charge in [0, 0.05) is 18.8 Å². The number of amides is 1. The summed E-state index contributed by atoms with van der Waals surface area (Å²) < 4.78 is 43.1. The predicted molar refractivity (Wildman–Crippen MR) is 87.7 cm³/mol. The predicted octanol–water partition coefficient (Wildman–Crippen LogP) is 2.28. The van der Waals surface area contributed by atoms with Crippen LogP contribution in [-0.2, 0) is 10.9 Å². The van der Waals surface area contributed by atoms with Gasteiger partial charge in [-0.2, -0.15) is 18.4 Å². The third-order valence-electron chi connectivity index (χ3n) is 3.88. The molecule has 1 aromatic heterocycles. The molecule has 2 heterocycles. The van der Waals surface area contributed by atoms with Gasteiger partial charge in [0.05, 0.1) is 36.7 Å². The number of alkyl halides is 3. The third-order valence-corrected chi connectivity index (χ3v) is 3.88. The number of anilines is 1. The maximum atomic E-state index is 12.5. The third kappa shape index (κ3) is 4.39. The van der Waals surface area contributed by atoms with Gasteiger partial charge in [-0.05, 0) is 17.7 Å². The fraction of sp³-hybridized carbons (Fsp3) is 0.294. The Morgan fingerprint density at radius 1 is 1.33 bits per heavy atom. The maximum absolute atomic E-state index is 12.5. The SMILES string of the molecule is N#Cc1cc(NC(=O)c2cnc(C(F)(F)F)cn2)ccc1[C@@H]1CNCCO1. The lowest BCUT2D eigenvalue weighted by molar-refractivity contribution is -0.141. The first-order valence-electron chi connectivity index (χ1n) is 7.95. The van der Waals surface area contributed by atoms with Gasteiger partial charge in [0.1, 0.15) is 5.69 Å². The molecule has 1 aliphatic heterocycles. The van der Waals surface area contributed by atoms with Gasteiger partial charge in [-0.25, -0.2) is 9.97 Å². The number of hydrogen-bond acceptors (Lipinski definition) is 6. The van der Waals surface area contributed by atoms with Crippen LogP contribution in [0, 0.1) is 11.3 Å². The minimum atomic E-state index is -4.63.